The second kappa shape index (κ2) is 6.41. The Balaban J connectivity index is 2.19. The standard InChI is InChI=1S/C15H16BrNO2S/c1-2-3-12-4-10-15(11-5-12)20(18,19)17-14-8-6-13(16)7-9-14/h4-11,17H,2-3H2,1H3. The molecule has 20 heavy (non-hydrogen) atoms. The van der Waals surface area contributed by atoms with Crippen LogP contribution in [0, 0.1) is 0 Å². The van der Waals surface area contributed by atoms with Gasteiger partial charge in [-0.2, -0.15) is 0 Å². The van der Waals surface area contributed by atoms with Crippen molar-refractivity contribution in [1.29, 1.82) is 0 Å². The van der Waals surface area contributed by atoms with Gasteiger partial charge in [-0.1, -0.05) is 41.4 Å². The molecule has 0 unspecified atom stereocenters. The van der Waals surface area contributed by atoms with Gasteiger partial charge in [0.15, 0.2) is 0 Å². The van der Waals surface area contributed by atoms with Crippen LogP contribution in [0.3, 0.4) is 0 Å². The van der Waals surface area contributed by atoms with Crippen LogP contribution >= 0.6 is 15.9 Å². The molecule has 106 valence electrons. The van der Waals surface area contributed by atoms with Gasteiger partial charge < -0.3 is 0 Å². The van der Waals surface area contributed by atoms with Crippen LogP contribution in [-0.2, 0) is 16.4 Å². The molecule has 0 spiro atoms. The summed E-state index contributed by atoms with van der Waals surface area (Å²) in [6.45, 7) is 2.10. The second-order valence-electron chi connectivity index (χ2n) is 4.51. The van der Waals surface area contributed by atoms with E-state index < -0.39 is 10.0 Å². The average molecular weight is 354 g/mol. The molecule has 0 aliphatic carbocycles. The highest BCUT2D eigenvalue weighted by Gasteiger charge is 2.13. The molecule has 0 heterocycles. The largest absolute Gasteiger partial charge is 0.280 e. The third-order valence-corrected chi connectivity index (χ3v) is 4.79. The van der Waals surface area contributed by atoms with Crippen LogP contribution < -0.4 is 4.72 Å². The maximum absolute atomic E-state index is 12.2. The van der Waals surface area contributed by atoms with Crippen molar-refractivity contribution in [1.82, 2.24) is 0 Å². The molecule has 0 amide bonds. The van der Waals surface area contributed by atoms with Gasteiger partial charge in [0.1, 0.15) is 0 Å². The molecular formula is C15H16BrNO2S. The molecule has 3 nitrogen and oxygen atoms in total. The topological polar surface area (TPSA) is 46.2 Å². The summed E-state index contributed by atoms with van der Waals surface area (Å²) in [6.07, 6.45) is 2.00. The summed E-state index contributed by atoms with van der Waals surface area (Å²) in [5, 5.41) is 0. The first-order chi connectivity index (χ1) is 9.51. The van der Waals surface area contributed by atoms with Crippen molar-refractivity contribution >= 4 is 31.6 Å². The highest BCUT2D eigenvalue weighted by atomic mass is 79.9. The summed E-state index contributed by atoms with van der Waals surface area (Å²) in [5.41, 5.74) is 1.70. The van der Waals surface area contributed by atoms with E-state index in [1.54, 1.807) is 36.4 Å². The molecule has 0 saturated heterocycles. The molecule has 2 aromatic carbocycles. The highest BCUT2D eigenvalue weighted by molar-refractivity contribution is 9.10. The van der Waals surface area contributed by atoms with E-state index in [2.05, 4.69) is 27.6 Å². The Morgan fingerprint density at radius 1 is 1.00 bits per heavy atom. The van der Waals surface area contributed by atoms with Gasteiger partial charge in [0, 0.05) is 10.2 Å². The second-order valence-corrected chi connectivity index (χ2v) is 7.10. The lowest BCUT2D eigenvalue weighted by Crippen LogP contribution is -2.12. The molecule has 5 heteroatoms. The molecule has 1 N–H and O–H groups in total. The van der Waals surface area contributed by atoms with E-state index in [0.717, 1.165) is 22.9 Å². The van der Waals surface area contributed by atoms with E-state index in [1.807, 2.05) is 12.1 Å². The van der Waals surface area contributed by atoms with E-state index >= 15 is 0 Å². The van der Waals surface area contributed by atoms with Gasteiger partial charge in [-0.05, 0) is 48.4 Å². The highest BCUT2D eigenvalue weighted by Crippen LogP contribution is 2.19. The first-order valence-electron chi connectivity index (χ1n) is 6.38. The Kier molecular flexibility index (Phi) is 4.83. The number of rotatable bonds is 5. The molecule has 2 rings (SSSR count). The van der Waals surface area contributed by atoms with Crippen molar-refractivity contribution in [2.75, 3.05) is 4.72 Å². The zero-order valence-electron chi connectivity index (χ0n) is 11.1. The predicted molar refractivity (Wildman–Crippen MR) is 85.4 cm³/mol. The molecule has 0 aliphatic heterocycles. The van der Waals surface area contributed by atoms with Gasteiger partial charge in [-0.15, -0.1) is 0 Å². The molecule has 0 bridgehead atoms. The number of benzene rings is 2. The van der Waals surface area contributed by atoms with Crippen LogP contribution in [0.2, 0.25) is 0 Å². The summed E-state index contributed by atoms with van der Waals surface area (Å²) >= 11 is 3.32. The minimum Gasteiger partial charge on any atom is -0.280 e. The summed E-state index contributed by atoms with van der Waals surface area (Å²) in [5.74, 6) is 0. The van der Waals surface area contributed by atoms with Gasteiger partial charge in [-0.25, -0.2) is 8.42 Å². The number of aryl methyl sites for hydroxylation is 1. The first kappa shape index (κ1) is 15.1. The number of sulfonamides is 1. The Bertz CT molecular complexity index is 664. The average Bonchev–Trinajstić information content (AvgIpc) is 2.42. The number of anilines is 1. The zero-order valence-corrected chi connectivity index (χ0v) is 13.5. The van der Waals surface area contributed by atoms with Crippen molar-refractivity contribution < 1.29 is 8.42 Å². The van der Waals surface area contributed by atoms with Gasteiger partial charge >= 0.3 is 0 Å². The van der Waals surface area contributed by atoms with E-state index in [1.165, 1.54) is 0 Å². The van der Waals surface area contributed by atoms with Gasteiger partial charge in [0.2, 0.25) is 0 Å². The third-order valence-electron chi connectivity index (χ3n) is 2.87. The van der Waals surface area contributed by atoms with Crippen LogP contribution in [0.1, 0.15) is 18.9 Å². The van der Waals surface area contributed by atoms with Crippen molar-refractivity contribution in [3.05, 3.63) is 58.6 Å². The maximum Gasteiger partial charge on any atom is 0.261 e. The van der Waals surface area contributed by atoms with Gasteiger partial charge in [0.25, 0.3) is 10.0 Å². The number of halogens is 1. The van der Waals surface area contributed by atoms with Crippen molar-refractivity contribution in [2.24, 2.45) is 0 Å². The van der Waals surface area contributed by atoms with Crippen LogP contribution in [0.15, 0.2) is 57.9 Å². The Morgan fingerprint density at radius 3 is 2.15 bits per heavy atom. The maximum atomic E-state index is 12.2. The summed E-state index contributed by atoms with van der Waals surface area (Å²) < 4.78 is 27.9. The smallest absolute Gasteiger partial charge is 0.261 e. The molecular weight excluding hydrogens is 338 g/mol. The minimum atomic E-state index is -3.52. The fourth-order valence-electron chi connectivity index (χ4n) is 1.86. The predicted octanol–water partition coefficient (Wildman–Crippen LogP) is 4.20. The lowest BCUT2D eigenvalue weighted by molar-refractivity contribution is 0.601. The van der Waals surface area contributed by atoms with E-state index in [4.69, 9.17) is 0 Å². The summed E-state index contributed by atoms with van der Waals surface area (Å²) in [6, 6.07) is 14.0. The summed E-state index contributed by atoms with van der Waals surface area (Å²) in [4.78, 5) is 0.278. The molecule has 0 atom stereocenters. The Hall–Kier alpha value is -1.33. The molecule has 0 radical (unpaired) electrons. The normalized spacial score (nSPS) is 11.3. The van der Waals surface area contributed by atoms with Crippen molar-refractivity contribution in [3.63, 3.8) is 0 Å². The quantitative estimate of drug-likeness (QED) is 0.875. The Morgan fingerprint density at radius 2 is 1.60 bits per heavy atom. The third kappa shape index (κ3) is 3.84. The fourth-order valence-corrected chi connectivity index (χ4v) is 3.18. The van der Waals surface area contributed by atoms with E-state index in [-0.39, 0.29) is 4.90 Å². The van der Waals surface area contributed by atoms with E-state index in [0.29, 0.717) is 5.69 Å². The number of nitrogens with one attached hydrogen (secondary N) is 1. The molecule has 0 fully saturated rings. The van der Waals surface area contributed by atoms with Crippen molar-refractivity contribution in [3.8, 4) is 0 Å². The first-order valence-corrected chi connectivity index (χ1v) is 8.66. The molecule has 2 aromatic rings. The van der Waals surface area contributed by atoms with Crippen LogP contribution in [0.25, 0.3) is 0 Å². The minimum absolute atomic E-state index is 0.278. The Labute approximate surface area is 128 Å². The van der Waals surface area contributed by atoms with Crippen molar-refractivity contribution in [2.45, 2.75) is 24.7 Å². The van der Waals surface area contributed by atoms with Crippen LogP contribution in [-0.4, -0.2) is 8.42 Å². The van der Waals surface area contributed by atoms with Gasteiger partial charge in [-0.3, -0.25) is 4.72 Å². The van der Waals surface area contributed by atoms with Gasteiger partial charge in [0.05, 0.1) is 4.90 Å². The van der Waals surface area contributed by atoms with Crippen LogP contribution in [0.5, 0.6) is 0 Å². The lowest BCUT2D eigenvalue weighted by atomic mass is 10.1. The lowest BCUT2D eigenvalue weighted by Gasteiger charge is -2.08. The summed E-state index contributed by atoms with van der Waals surface area (Å²) in [7, 11) is -3.52. The van der Waals surface area contributed by atoms with Crippen LogP contribution in [0.4, 0.5) is 5.69 Å². The monoisotopic (exact) mass is 353 g/mol. The number of hydrogen-bond acceptors (Lipinski definition) is 2. The number of hydrogen-bond donors (Lipinski definition) is 1. The zero-order chi connectivity index (χ0) is 14.6. The molecule has 0 aliphatic rings. The van der Waals surface area contributed by atoms with E-state index in [9.17, 15) is 8.42 Å². The molecule has 0 aromatic heterocycles. The molecule has 0 saturated carbocycles. The fraction of sp³-hybridized carbons (Fsp3) is 0.200. The SMILES string of the molecule is CCCc1ccc(S(=O)(=O)Nc2ccc(Br)cc2)cc1.